The molecule has 0 amide bonds. The van der Waals surface area contributed by atoms with Gasteiger partial charge < -0.3 is 5.32 Å². The summed E-state index contributed by atoms with van der Waals surface area (Å²) in [7, 11) is 0. The normalized spacial score (nSPS) is 15.1. The lowest BCUT2D eigenvalue weighted by Crippen LogP contribution is -2.19. The van der Waals surface area contributed by atoms with E-state index >= 15 is 0 Å². The van der Waals surface area contributed by atoms with Gasteiger partial charge in [-0.2, -0.15) is 0 Å². The van der Waals surface area contributed by atoms with Crippen LogP contribution in [0, 0.1) is 6.92 Å². The van der Waals surface area contributed by atoms with Crippen molar-refractivity contribution in [1.29, 1.82) is 0 Å². The Morgan fingerprint density at radius 2 is 2.05 bits per heavy atom. The van der Waals surface area contributed by atoms with Crippen molar-refractivity contribution in [2.75, 3.05) is 0 Å². The van der Waals surface area contributed by atoms with Gasteiger partial charge in [0, 0.05) is 18.8 Å². The molecule has 0 saturated heterocycles. The van der Waals surface area contributed by atoms with Crippen LogP contribution in [0.5, 0.6) is 0 Å². The lowest BCUT2D eigenvalue weighted by Gasteiger charge is -2.16. The van der Waals surface area contributed by atoms with Gasteiger partial charge in [0.2, 0.25) is 0 Å². The van der Waals surface area contributed by atoms with Gasteiger partial charge in [0.25, 0.3) is 0 Å². The monoisotopic (exact) mass is 266 g/mol. The summed E-state index contributed by atoms with van der Waals surface area (Å²) in [6, 6.07) is 11.4. The molecule has 0 radical (unpaired) electrons. The topological polar surface area (TPSA) is 24.9 Å². The first kappa shape index (κ1) is 13.3. The van der Waals surface area contributed by atoms with Crippen molar-refractivity contribution < 1.29 is 0 Å². The van der Waals surface area contributed by atoms with Crippen molar-refractivity contribution in [3.8, 4) is 0 Å². The van der Waals surface area contributed by atoms with Crippen LogP contribution in [-0.2, 0) is 19.4 Å². The molecular weight excluding hydrogens is 244 g/mol. The second-order valence-corrected chi connectivity index (χ2v) is 5.75. The van der Waals surface area contributed by atoms with Gasteiger partial charge in [0.1, 0.15) is 0 Å². The third kappa shape index (κ3) is 2.75. The molecule has 104 valence electrons. The third-order valence-corrected chi connectivity index (χ3v) is 4.32. The average molecular weight is 266 g/mol. The molecule has 20 heavy (non-hydrogen) atoms. The Kier molecular flexibility index (Phi) is 3.83. The van der Waals surface area contributed by atoms with Crippen molar-refractivity contribution in [3.63, 3.8) is 0 Å². The van der Waals surface area contributed by atoms with E-state index in [1.807, 2.05) is 12.3 Å². The van der Waals surface area contributed by atoms with Crippen LogP contribution in [0.25, 0.3) is 0 Å². The minimum Gasteiger partial charge on any atom is -0.305 e. The fraction of sp³-hybridized carbons (Fsp3) is 0.389. The molecule has 1 unspecified atom stereocenters. The first-order chi connectivity index (χ1) is 9.74. The molecule has 2 aromatic rings. The molecule has 2 nitrogen and oxygen atoms in total. The number of benzene rings is 1. The molecule has 0 spiro atoms. The van der Waals surface area contributed by atoms with Gasteiger partial charge >= 0.3 is 0 Å². The number of nitrogens with one attached hydrogen (secondary N) is 1. The van der Waals surface area contributed by atoms with Gasteiger partial charge in [-0.15, -0.1) is 0 Å². The third-order valence-electron chi connectivity index (χ3n) is 4.32. The molecule has 0 aliphatic heterocycles. The predicted molar refractivity (Wildman–Crippen MR) is 82.7 cm³/mol. The molecular formula is C18H22N2. The summed E-state index contributed by atoms with van der Waals surface area (Å²) in [5, 5.41) is 3.58. The van der Waals surface area contributed by atoms with Crippen molar-refractivity contribution in [2.24, 2.45) is 0 Å². The minimum absolute atomic E-state index is 0.363. The minimum atomic E-state index is 0.363. The molecule has 2 heteroatoms. The molecule has 3 rings (SSSR count). The van der Waals surface area contributed by atoms with E-state index in [0.29, 0.717) is 6.04 Å². The highest BCUT2D eigenvalue weighted by Gasteiger charge is 2.13. The summed E-state index contributed by atoms with van der Waals surface area (Å²) >= 11 is 0. The van der Waals surface area contributed by atoms with E-state index in [0.717, 1.165) is 12.2 Å². The van der Waals surface area contributed by atoms with E-state index in [4.69, 9.17) is 0 Å². The van der Waals surface area contributed by atoms with E-state index in [9.17, 15) is 0 Å². The van der Waals surface area contributed by atoms with Crippen LogP contribution in [0.2, 0.25) is 0 Å². The molecule has 0 saturated carbocycles. The summed E-state index contributed by atoms with van der Waals surface area (Å²) < 4.78 is 0. The largest absolute Gasteiger partial charge is 0.305 e. The Bertz CT molecular complexity index is 604. The number of fused-ring (bicyclic) bond motifs is 1. The zero-order valence-corrected chi connectivity index (χ0v) is 12.3. The summed E-state index contributed by atoms with van der Waals surface area (Å²) in [5.41, 5.74) is 6.87. The van der Waals surface area contributed by atoms with Gasteiger partial charge in [0.15, 0.2) is 0 Å². The van der Waals surface area contributed by atoms with Crippen LogP contribution in [0.4, 0.5) is 0 Å². The van der Waals surface area contributed by atoms with E-state index in [2.05, 4.69) is 48.4 Å². The van der Waals surface area contributed by atoms with Crippen LogP contribution < -0.4 is 5.32 Å². The molecule has 1 aromatic heterocycles. The molecule has 1 N–H and O–H groups in total. The maximum Gasteiger partial charge on any atom is 0.0570 e. The lowest BCUT2D eigenvalue weighted by atomic mass is 10.0. The summed E-state index contributed by atoms with van der Waals surface area (Å²) in [5.74, 6) is 0. The van der Waals surface area contributed by atoms with Crippen molar-refractivity contribution >= 4 is 0 Å². The number of hydrogen-bond donors (Lipinski definition) is 1. The highest BCUT2D eigenvalue weighted by molar-refractivity contribution is 5.36. The zero-order chi connectivity index (χ0) is 13.9. The summed E-state index contributed by atoms with van der Waals surface area (Å²) in [6.45, 7) is 5.17. The van der Waals surface area contributed by atoms with Crippen LogP contribution >= 0.6 is 0 Å². The molecule has 0 fully saturated rings. The molecule has 1 atom stereocenters. The highest BCUT2D eigenvalue weighted by Crippen LogP contribution is 2.25. The van der Waals surface area contributed by atoms with E-state index < -0.39 is 0 Å². The van der Waals surface area contributed by atoms with Gasteiger partial charge in [-0.1, -0.05) is 24.3 Å². The maximum absolute atomic E-state index is 4.44. The van der Waals surface area contributed by atoms with Gasteiger partial charge in [0.05, 0.1) is 5.69 Å². The maximum atomic E-state index is 4.44. The Morgan fingerprint density at radius 3 is 2.90 bits per heavy atom. The van der Waals surface area contributed by atoms with Gasteiger partial charge in [-0.05, 0) is 61.4 Å². The molecule has 1 aliphatic rings. The molecule has 1 aliphatic carbocycles. The Morgan fingerprint density at radius 1 is 1.20 bits per heavy atom. The number of aromatic nitrogens is 1. The molecule has 0 bridgehead atoms. The predicted octanol–water partition coefficient (Wildman–Crippen LogP) is 3.73. The van der Waals surface area contributed by atoms with Gasteiger partial charge in [-0.25, -0.2) is 0 Å². The number of nitrogens with zero attached hydrogens (tertiary/aromatic N) is 1. The number of pyridine rings is 1. The Balaban J connectivity index is 1.67. The van der Waals surface area contributed by atoms with Crippen LogP contribution in [0.3, 0.4) is 0 Å². The zero-order valence-electron chi connectivity index (χ0n) is 12.3. The number of hydrogen-bond acceptors (Lipinski definition) is 2. The van der Waals surface area contributed by atoms with Crippen LogP contribution in [0.1, 0.15) is 47.3 Å². The second-order valence-electron chi connectivity index (χ2n) is 5.75. The van der Waals surface area contributed by atoms with Crippen molar-refractivity contribution in [3.05, 3.63) is 64.5 Å². The fourth-order valence-corrected chi connectivity index (χ4v) is 2.93. The summed E-state index contributed by atoms with van der Waals surface area (Å²) in [4.78, 5) is 4.44. The number of aryl methyl sites for hydroxylation is 3. The van der Waals surface area contributed by atoms with Crippen molar-refractivity contribution in [1.82, 2.24) is 10.3 Å². The molecule has 1 heterocycles. The Hall–Kier alpha value is -1.67. The first-order valence-corrected chi connectivity index (χ1v) is 7.49. The Labute approximate surface area is 121 Å². The standard InChI is InChI=1S/C18H22N2/c1-13-5-4-10-19-18(13)12-20-14(2)16-9-8-15-6-3-7-17(15)11-16/h4-5,8-11,14,20H,3,6-7,12H2,1-2H3. The summed E-state index contributed by atoms with van der Waals surface area (Å²) in [6.07, 6.45) is 5.68. The average Bonchev–Trinajstić information content (AvgIpc) is 2.93. The highest BCUT2D eigenvalue weighted by atomic mass is 14.9. The van der Waals surface area contributed by atoms with Gasteiger partial charge in [-0.3, -0.25) is 4.98 Å². The fourth-order valence-electron chi connectivity index (χ4n) is 2.93. The smallest absolute Gasteiger partial charge is 0.0570 e. The quantitative estimate of drug-likeness (QED) is 0.912. The first-order valence-electron chi connectivity index (χ1n) is 7.49. The SMILES string of the molecule is Cc1cccnc1CNC(C)c1ccc2c(c1)CCC2. The van der Waals surface area contributed by atoms with Crippen molar-refractivity contribution in [2.45, 2.75) is 45.7 Å². The van der Waals surface area contributed by atoms with Crippen LogP contribution in [-0.4, -0.2) is 4.98 Å². The van der Waals surface area contributed by atoms with E-state index in [-0.39, 0.29) is 0 Å². The number of rotatable bonds is 4. The lowest BCUT2D eigenvalue weighted by molar-refractivity contribution is 0.566. The molecule has 1 aromatic carbocycles. The van der Waals surface area contributed by atoms with Crippen LogP contribution in [0.15, 0.2) is 36.5 Å². The second kappa shape index (κ2) is 5.76. The van der Waals surface area contributed by atoms with E-state index in [1.54, 1.807) is 11.1 Å². The van der Waals surface area contributed by atoms with E-state index in [1.165, 1.54) is 30.4 Å².